The van der Waals surface area contributed by atoms with E-state index in [1.165, 1.54) is 0 Å². The summed E-state index contributed by atoms with van der Waals surface area (Å²) < 4.78 is -0.111. The third kappa shape index (κ3) is 1500. The summed E-state index contributed by atoms with van der Waals surface area (Å²) in [6, 6.07) is 0. The molecule has 0 heterocycles. The van der Waals surface area contributed by atoms with Crippen molar-refractivity contribution in [2.24, 2.45) is 0 Å². The van der Waals surface area contributed by atoms with Gasteiger partial charge in [-0.1, -0.05) is 24.4 Å². The van der Waals surface area contributed by atoms with E-state index >= 15 is 0 Å². The van der Waals surface area contributed by atoms with Gasteiger partial charge in [0.25, 0.3) is 0 Å². The molecule has 0 aliphatic rings. The van der Waals surface area contributed by atoms with Gasteiger partial charge < -0.3 is 11.5 Å². The van der Waals surface area contributed by atoms with Crippen molar-refractivity contribution in [2.75, 3.05) is 0 Å². The van der Waals surface area contributed by atoms with Crippen LogP contribution in [0.2, 0.25) is 0 Å². The molecule has 0 aliphatic carbocycles. The zero-order chi connectivity index (χ0) is 9.15. The van der Waals surface area contributed by atoms with Gasteiger partial charge in [-0.05, 0) is 8.64 Å². The van der Waals surface area contributed by atoms with E-state index in [-0.39, 0.29) is 25.7 Å². The summed E-state index contributed by atoms with van der Waals surface area (Å²) in [5.41, 5.74) is 12.4. The fourth-order valence-electron chi connectivity index (χ4n) is 0. The average Bonchev–Trinajstić information content (AvgIpc) is 1.66. The van der Waals surface area contributed by atoms with Crippen molar-refractivity contribution >= 4 is 58.3 Å². The Labute approximate surface area is 99.5 Å². The molecular formula is C4H8MnN2S4. The average molecular weight is 267 g/mol. The summed E-state index contributed by atoms with van der Waals surface area (Å²) in [5.74, 6) is 0. The van der Waals surface area contributed by atoms with Gasteiger partial charge in [-0.3, -0.25) is 0 Å². The molecule has 0 saturated heterocycles. The predicted octanol–water partition coefficient (Wildman–Crippen LogP) is 3.31. The van der Waals surface area contributed by atoms with E-state index < -0.39 is 0 Å². The molecule has 0 aromatic carbocycles. The zero-order valence-corrected chi connectivity index (χ0v) is 10.1. The monoisotopic (exact) mass is 267 g/mol. The van der Waals surface area contributed by atoms with Crippen LogP contribution in [0.25, 0.3) is 11.5 Å². The molecule has 0 amide bonds. The van der Waals surface area contributed by atoms with E-state index in [1.807, 2.05) is 0 Å². The summed E-state index contributed by atoms with van der Waals surface area (Å²) in [6.07, 6.45) is 0. The molecular weight excluding hydrogens is 259 g/mol. The molecule has 0 atom stereocenters. The molecule has 65 valence electrons. The maximum Gasteiger partial charge on any atom is 2.00 e. The van der Waals surface area contributed by atoms with Crippen LogP contribution < -0.4 is 0 Å². The Kier molecular flexibility index (Phi) is 46.1. The largest absolute Gasteiger partial charge is 2.00 e. The number of thiocarbonyl (C=S) groups is 2. The third-order valence-corrected chi connectivity index (χ3v) is 0. The van der Waals surface area contributed by atoms with Gasteiger partial charge in [-0.15, -0.1) is 13.2 Å². The first-order valence-corrected chi connectivity index (χ1v) is 3.57. The van der Waals surface area contributed by atoms with Crippen LogP contribution in [-0.2, 0) is 17.1 Å². The first-order chi connectivity index (χ1) is 4.46. The number of thiol groups is 2. The van der Waals surface area contributed by atoms with Gasteiger partial charge in [0.15, 0.2) is 0 Å². The van der Waals surface area contributed by atoms with E-state index in [4.69, 9.17) is 11.5 Å². The van der Waals surface area contributed by atoms with Gasteiger partial charge in [-0.2, -0.15) is 25.3 Å². The summed E-state index contributed by atoms with van der Waals surface area (Å²) in [4.78, 5) is 0. The molecule has 0 saturated carbocycles. The van der Waals surface area contributed by atoms with Crippen LogP contribution in [0.1, 0.15) is 0 Å². The molecule has 0 unspecified atom stereocenters. The minimum atomic E-state index is -0.0556. The van der Waals surface area contributed by atoms with Crippen LogP contribution in [0, 0.1) is 0 Å². The Morgan fingerprint density at radius 2 is 1.00 bits per heavy atom. The Hall–Kier alpha value is 0.739. The van der Waals surface area contributed by atoms with E-state index in [2.05, 4.69) is 62.9 Å². The molecule has 0 aromatic rings. The normalized spacial score (nSPS) is 4.91. The van der Waals surface area contributed by atoms with Crippen molar-refractivity contribution in [2.45, 2.75) is 0 Å². The maximum atomic E-state index is 6.18. The van der Waals surface area contributed by atoms with Gasteiger partial charge >= 0.3 is 17.1 Å². The first-order valence-electron chi connectivity index (χ1n) is 1.86. The Balaban J connectivity index is -0.0000000339. The summed E-state index contributed by atoms with van der Waals surface area (Å²) in [7, 11) is 0. The zero-order valence-electron chi connectivity index (χ0n) is 5.50. The predicted molar refractivity (Wildman–Crippen MR) is 63.1 cm³/mol. The molecule has 0 spiro atoms. The molecule has 0 aromatic heterocycles. The molecule has 1 radical (unpaired) electrons. The Bertz CT molecular complexity index is 88.3. The van der Waals surface area contributed by atoms with E-state index in [1.54, 1.807) is 0 Å². The van der Waals surface area contributed by atoms with Crippen LogP contribution in [0.3, 0.4) is 0 Å². The minimum Gasteiger partial charge on any atom is -0.684 e. The van der Waals surface area contributed by atoms with E-state index in [0.717, 1.165) is 0 Å². The van der Waals surface area contributed by atoms with Crippen molar-refractivity contribution in [3.05, 3.63) is 24.6 Å². The maximum absolute atomic E-state index is 6.18. The quantitative estimate of drug-likeness (QED) is 0.306. The van der Waals surface area contributed by atoms with Gasteiger partial charge in [-0.25, -0.2) is 0 Å². The van der Waals surface area contributed by atoms with E-state index in [9.17, 15) is 0 Å². The molecule has 11 heavy (non-hydrogen) atoms. The van der Waals surface area contributed by atoms with Crippen LogP contribution in [-0.4, -0.2) is 8.64 Å². The molecule has 0 fully saturated rings. The fourth-order valence-corrected chi connectivity index (χ4v) is 0. The minimum absolute atomic E-state index is 0. The van der Waals surface area contributed by atoms with E-state index in [0.29, 0.717) is 0 Å². The topological polar surface area (TPSA) is 47.6 Å². The second-order valence-corrected chi connectivity index (χ2v) is 2.93. The smallest absolute Gasteiger partial charge is 0.684 e. The summed E-state index contributed by atoms with van der Waals surface area (Å²) in [5, 5.41) is 0. The third-order valence-electron chi connectivity index (χ3n) is 0. The Morgan fingerprint density at radius 3 is 1.00 bits per heavy atom. The van der Waals surface area contributed by atoms with Gasteiger partial charge in [0.2, 0.25) is 0 Å². The number of hydrogen-bond acceptors (Lipinski definition) is 2. The second-order valence-electron chi connectivity index (χ2n) is 0.610. The van der Waals surface area contributed by atoms with Gasteiger partial charge in [0, 0.05) is 0 Å². The molecule has 0 rings (SSSR count). The van der Waals surface area contributed by atoms with Crippen LogP contribution in [0.15, 0.2) is 13.2 Å². The number of rotatable bonds is 0. The van der Waals surface area contributed by atoms with Crippen LogP contribution >= 0.6 is 49.7 Å². The standard InChI is InChI=1S/C2H4.2CH3NS2.Mn/c1-2;2*2-1(3)4;/h1-2H2;2*(H3,2,3,4);/q;;;+2/p-2. The van der Waals surface area contributed by atoms with Crippen molar-refractivity contribution in [1.29, 1.82) is 0 Å². The van der Waals surface area contributed by atoms with Gasteiger partial charge in [0.05, 0.1) is 0 Å². The first kappa shape index (κ1) is 22.6. The van der Waals surface area contributed by atoms with Crippen LogP contribution in [0.5, 0.6) is 0 Å². The SMILES string of the molecule is C=C.[Mn+2].[NH-]C(=S)S.[NH-]C(=S)S. The fraction of sp³-hybridized carbons (Fsp3) is 0. The number of nitrogens with one attached hydrogen (secondary N) is 2. The molecule has 2 N–H and O–H groups in total. The Morgan fingerprint density at radius 1 is 1.00 bits per heavy atom. The number of hydrogen-bond donors (Lipinski definition) is 2. The summed E-state index contributed by atoms with van der Waals surface area (Å²) >= 11 is 14.9. The molecule has 0 aliphatic heterocycles. The van der Waals surface area contributed by atoms with Crippen molar-refractivity contribution in [3.8, 4) is 0 Å². The summed E-state index contributed by atoms with van der Waals surface area (Å²) in [6.45, 7) is 6.00. The molecule has 7 heteroatoms. The van der Waals surface area contributed by atoms with Crippen molar-refractivity contribution < 1.29 is 17.1 Å². The van der Waals surface area contributed by atoms with Crippen molar-refractivity contribution in [3.63, 3.8) is 0 Å². The van der Waals surface area contributed by atoms with Gasteiger partial charge in [0.1, 0.15) is 0 Å². The van der Waals surface area contributed by atoms with Crippen molar-refractivity contribution in [1.82, 2.24) is 0 Å². The second kappa shape index (κ2) is 22.4. The molecule has 2 nitrogen and oxygen atoms in total. The van der Waals surface area contributed by atoms with Crippen LogP contribution in [0.4, 0.5) is 0 Å². The molecule has 0 bridgehead atoms.